The summed E-state index contributed by atoms with van der Waals surface area (Å²) < 4.78 is 7.37. The van der Waals surface area contributed by atoms with Crippen molar-refractivity contribution >= 4 is 35.0 Å². The number of aromatic nitrogens is 5. The molecule has 9 heteroatoms. The third-order valence-corrected chi connectivity index (χ3v) is 4.62. The number of pyridine rings is 1. The van der Waals surface area contributed by atoms with Gasteiger partial charge in [0.15, 0.2) is 0 Å². The van der Waals surface area contributed by atoms with Gasteiger partial charge in [-0.15, -0.1) is 5.10 Å². The lowest BCUT2D eigenvalue weighted by molar-refractivity contribution is 0.0912. The van der Waals surface area contributed by atoms with Crippen molar-refractivity contribution in [3.05, 3.63) is 28.0 Å². The molecule has 1 atom stereocenters. The predicted molar refractivity (Wildman–Crippen MR) is 80.6 cm³/mol. The Morgan fingerprint density at radius 3 is 3.10 bits per heavy atom. The van der Waals surface area contributed by atoms with Gasteiger partial charge in [-0.05, 0) is 29.3 Å². The van der Waals surface area contributed by atoms with E-state index in [4.69, 9.17) is 27.9 Å². The van der Waals surface area contributed by atoms with E-state index in [1.54, 1.807) is 16.9 Å². The summed E-state index contributed by atoms with van der Waals surface area (Å²) >= 11 is 13.4. The van der Waals surface area contributed by atoms with Crippen LogP contribution in [0.2, 0.25) is 10.0 Å². The Morgan fingerprint density at radius 1 is 1.43 bits per heavy atom. The van der Waals surface area contributed by atoms with Gasteiger partial charge in [-0.3, -0.25) is 4.98 Å². The van der Waals surface area contributed by atoms with Crippen LogP contribution in [0, 0.1) is 0 Å². The first kappa shape index (κ1) is 15.0. The monoisotopic (exact) mass is 345 g/mol. The maximum Gasteiger partial charge on any atom is 0.209 e. The number of thioether (sulfide) groups is 1. The van der Waals surface area contributed by atoms with Crippen LogP contribution in [0.25, 0.3) is 0 Å². The fourth-order valence-electron chi connectivity index (χ4n) is 2.08. The van der Waals surface area contributed by atoms with Crippen LogP contribution in [0.5, 0.6) is 0 Å². The molecular weight excluding hydrogens is 333 g/mol. The van der Waals surface area contributed by atoms with Crippen molar-refractivity contribution in [3.63, 3.8) is 0 Å². The van der Waals surface area contributed by atoms with Crippen LogP contribution < -0.4 is 0 Å². The molecule has 0 radical (unpaired) electrons. The largest absolute Gasteiger partial charge is 0.376 e. The number of nitrogens with zero attached hydrogens (tertiary/aromatic N) is 5. The van der Waals surface area contributed by atoms with Crippen LogP contribution in [0.15, 0.2) is 17.4 Å². The van der Waals surface area contributed by atoms with E-state index in [0.717, 1.165) is 30.3 Å². The molecule has 21 heavy (non-hydrogen) atoms. The highest BCUT2D eigenvalue weighted by molar-refractivity contribution is 7.98. The molecule has 0 N–H and O–H groups in total. The summed E-state index contributed by atoms with van der Waals surface area (Å²) in [7, 11) is 0. The molecule has 3 heterocycles. The van der Waals surface area contributed by atoms with E-state index >= 15 is 0 Å². The molecule has 0 bridgehead atoms. The summed E-state index contributed by atoms with van der Waals surface area (Å²) in [5, 5.41) is 13.6. The summed E-state index contributed by atoms with van der Waals surface area (Å²) in [5.74, 6) is 0.585. The van der Waals surface area contributed by atoms with Gasteiger partial charge in [0.2, 0.25) is 5.16 Å². The van der Waals surface area contributed by atoms with E-state index in [0.29, 0.717) is 22.3 Å². The van der Waals surface area contributed by atoms with Crippen LogP contribution >= 0.6 is 35.0 Å². The second-order valence-electron chi connectivity index (χ2n) is 4.65. The van der Waals surface area contributed by atoms with Gasteiger partial charge < -0.3 is 4.74 Å². The number of halogens is 2. The predicted octanol–water partition coefficient (Wildman–Crippen LogP) is 2.85. The minimum atomic E-state index is 0.199. The molecule has 1 aliphatic rings. The highest BCUT2D eigenvalue weighted by Gasteiger charge is 2.19. The number of hydrogen-bond acceptors (Lipinski definition) is 6. The third kappa shape index (κ3) is 3.85. The lowest BCUT2D eigenvalue weighted by Crippen LogP contribution is -2.16. The van der Waals surface area contributed by atoms with Crippen molar-refractivity contribution in [3.8, 4) is 0 Å². The summed E-state index contributed by atoms with van der Waals surface area (Å²) in [6.45, 7) is 1.50. The molecule has 0 spiro atoms. The standard InChI is InChI=1S/C12H13Cl2N5OS/c13-8-4-10(14)11(15-5-8)7-21-12-16-17-18-19(12)6-9-2-1-3-20-9/h4-5,9H,1-3,6-7H2/t9-/m1/s1. The summed E-state index contributed by atoms with van der Waals surface area (Å²) in [5.41, 5.74) is 0.762. The average Bonchev–Trinajstić information content (AvgIpc) is 3.10. The van der Waals surface area contributed by atoms with Crippen LogP contribution in [-0.4, -0.2) is 37.9 Å². The Bertz CT molecular complexity index is 617. The molecular formula is C12H13Cl2N5OS. The molecule has 112 valence electrons. The molecule has 1 saturated heterocycles. The number of hydrogen-bond donors (Lipinski definition) is 0. The van der Waals surface area contributed by atoms with E-state index in [2.05, 4.69) is 20.5 Å². The van der Waals surface area contributed by atoms with E-state index < -0.39 is 0 Å². The average molecular weight is 346 g/mol. The third-order valence-electron chi connectivity index (χ3n) is 3.12. The van der Waals surface area contributed by atoms with Crippen molar-refractivity contribution in [1.82, 2.24) is 25.2 Å². The maximum absolute atomic E-state index is 6.11. The van der Waals surface area contributed by atoms with Crippen LogP contribution in [-0.2, 0) is 17.0 Å². The van der Waals surface area contributed by atoms with Crippen LogP contribution in [0.3, 0.4) is 0 Å². The number of rotatable bonds is 5. The fourth-order valence-corrected chi connectivity index (χ4v) is 3.45. The van der Waals surface area contributed by atoms with E-state index in [1.165, 1.54) is 11.8 Å². The Kier molecular flexibility index (Phi) is 4.95. The second kappa shape index (κ2) is 6.91. The zero-order valence-corrected chi connectivity index (χ0v) is 13.4. The van der Waals surface area contributed by atoms with Crippen molar-refractivity contribution in [2.45, 2.75) is 36.4 Å². The van der Waals surface area contributed by atoms with Crippen LogP contribution in [0.1, 0.15) is 18.5 Å². The maximum atomic E-state index is 6.11. The SMILES string of the molecule is Clc1cnc(CSc2nnnn2C[C@H]2CCCO2)c(Cl)c1. The molecule has 3 rings (SSSR count). The van der Waals surface area contributed by atoms with Crippen molar-refractivity contribution in [2.75, 3.05) is 6.61 Å². The summed E-state index contributed by atoms with van der Waals surface area (Å²) in [6.07, 6.45) is 3.93. The van der Waals surface area contributed by atoms with Gasteiger partial charge in [-0.25, -0.2) is 4.68 Å². The van der Waals surface area contributed by atoms with Gasteiger partial charge in [0.1, 0.15) is 0 Å². The Hall–Kier alpha value is -0.890. The summed E-state index contributed by atoms with van der Waals surface area (Å²) in [6, 6.07) is 1.68. The first-order valence-corrected chi connectivity index (χ1v) is 8.27. The Morgan fingerprint density at radius 2 is 2.33 bits per heavy atom. The highest BCUT2D eigenvalue weighted by atomic mass is 35.5. The lowest BCUT2D eigenvalue weighted by Gasteiger charge is -2.10. The molecule has 0 saturated carbocycles. The quantitative estimate of drug-likeness (QED) is 0.776. The molecule has 0 aromatic carbocycles. The fraction of sp³-hybridized carbons (Fsp3) is 0.500. The summed E-state index contributed by atoms with van der Waals surface area (Å²) in [4.78, 5) is 4.22. The number of ether oxygens (including phenoxy) is 1. The molecule has 2 aromatic rings. The Balaban J connectivity index is 1.63. The smallest absolute Gasteiger partial charge is 0.209 e. The second-order valence-corrected chi connectivity index (χ2v) is 6.44. The van der Waals surface area contributed by atoms with E-state index in [1.807, 2.05) is 0 Å². The van der Waals surface area contributed by atoms with E-state index in [9.17, 15) is 0 Å². The van der Waals surface area contributed by atoms with Crippen LogP contribution in [0.4, 0.5) is 0 Å². The minimum Gasteiger partial charge on any atom is -0.376 e. The van der Waals surface area contributed by atoms with Crippen molar-refractivity contribution in [2.24, 2.45) is 0 Å². The first-order valence-electron chi connectivity index (χ1n) is 6.53. The van der Waals surface area contributed by atoms with Gasteiger partial charge in [0, 0.05) is 18.6 Å². The topological polar surface area (TPSA) is 65.7 Å². The molecule has 1 fully saturated rings. The minimum absolute atomic E-state index is 0.199. The van der Waals surface area contributed by atoms with Gasteiger partial charge in [0.05, 0.1) is 28.4 Å². The zero-order chi connectivity index (χ0) is 14.7. The molecule has 0 amide bonds. The number of tetrazole rings is 1. The molecule has 1 aliphatic heterocycles. The molecule has 0 aliphatic carbocycles. The van der Waals surface area contributed by atoms with Gasteiger partial charge in [0.25, 0.3) is 0 Å². The first-order chi connectivity index (χ1) is 10.2. The lowest BCUT2D eigenvalue weighted by atomic mass is 10.2. The Labute approximate surface area is 136 Å². The molecule has 2 aromatic heterocycles. The van der Waals surface area contributed by atoms with Gasteiger partial charge in [-0.1, -0.05) is 35.0 Å². The molecule has 0 unspecified atom stereocenters. The highest BCUT2D eigenvalue weighted by Crippen LogP contribution is 2.26. The van der Waals surface area contributed by atoms with Gasteiger partial charge in [-0.2, -0.15) is 0 Å². The van der Waals surface area contributed by atoms with Crippen molar-refractivity contribution in [1.29, 1.82) is 0 Å². The normalized spacial score (nSPS) is 18.3. The molecule has 6 nitrogen and oxygen atoms in total. The zero-order valence-electron chi connectivity index (χ0n) is 11.1. The van der Waals surface area contributed by atoms with Crippen molar-refractivity contribution < 1.29 is 4.74 Å². The van der Waals surface area contributed by atoms with Gasteiger partial charge >= 0.3 is 0 Å². The van der Waals surface area contributed by atoms with E-state index in [-0.39, 0.29) is 6.10 Å².